The normalized spacial score (nSPS) is 12.5. The number of carboxylic acids is 1. The Morgan fingerprint density at radius 1 is 1.22 bits per heavy atom. The number of unbranched alkanes of at least 4 members (excludes halogenated alkanes) is 1. The summed E-state index contributed by atoms with van der Waals surface area (Å²) in [5.41, 5.74) is -0.680. The van der Waals surface area contributed by atoms with Gasteiger partial charge in [0.25, 0.3) is 5.56 Å². The molecule has 0 aliphatic heterocycles. The Labute approximate surface area is 214 Å². The monoisotopic (exact) mass is 525 g/mol. The standard InChI is InChI=1S/C23H35N5O7S/c1-14(2)34-13-12-27-16-9-11-28(17(16)18(29)26-21(27)36)20(32)25-15(19(30)31)8-6-7-10-24-22(33)35-23(3,4)5/h9,11,14-15H,6-8,10,12-13H2,1-5H3,(H,24,33)(H,25,32)(H,30,31)(H,26,29,36). The van der Waals surface area contributed by atoms with E-state index in [1.807, 2.05) is 13.8 Å². The summed E-state index contributed by atoms with van der Waals surface area (Å²) in [4.78, 5) is 51.5. The third-order valence-corrected chi connectivity index (χ3v) is 5.33. The van der Waals surface area contributed by atoms with Crippen LogP contribution in [0.15, 0.2) is 17.1 Å². The van der Waals surface area contributed by atoms with E-state index in [-0.39, 0.29) is 22.8 Å². The summed E-state index contributed by atoms with van der Waals surface area (Å²) in [6, 6.07) is -0.356. The summed E-state index contributed by atoms with van der Waals surface area (Å²) in [5.74, 6) is -1.21. The lowest BCUT2D eigenvalue weighted by atomic mass is 10.1. The highest BCUT2D eigenvalue weighted by atomic mass is 32.1. The van der Waals surface area contributed by atoms with Crippen molar-refractivity contribution >= 4 is 41.3 Å². The molecule has 12 nitrogen and oxygen atoms in total. The number of hydrogen-bond donors (Lipinski definition) is 4. The van der Waals surface area contributed by atoms with Gasteiger partial charge in [-0.25, -0.2) is 14.4 Å². The van der Waals surface area contributed by atoms with Crippen molar-refractivity contribution in [3.8, 4) is 0 Å². The van der Waals surface area contributed by atoms with Crippen LogP contribution in [0.25, 0.3) is 11.0 Å². The summed E-state index contributed by atoms with van der Waals surface area (Å²) in [7, 11) is 0. The number of hydrogen-bond acceptors (Lipinski definition) is 7. The molecule has 0 saturated heterocycles. The van der Waals surface area contributed by atoms with Crippen molar-refractivity contribution in [3.63, 3.8) is 0 Å². The van der Waals surface area contributed by atoms with Gasteiger partial charge in [-0.3, -0.25) is 14.3 Å². The van der Waals surface area contributed by atoms with Gasteiger partial charge in [0, 0.05) is 19.3 Å². The van der Waals surface area contributed by atoms with E-state index in [1.165, 1.54) is 6.20 Å². The molecule has 0 spiro atoms. The molecule has 0 aromatic carbocycles. The molecule has 1 unspecified atom stereocenters. The fraction of sp³-hybridized carbons (Fsp3) is 0.609. The number of aromatic amines is 1. The Morgan fingerprint density at radius 2 is 1.92 bits per heavy atom. The van der Waals surface area contributed by atoms with Crippen molar-refractivity contribution in [1.29, 1.82) is 0 Å². The SMILES string of the molecule is CC(C)OCCn1c(=S)[nH]c(=O)c2c1ccn2C(=O)NC(CCCCNC(=O)OC(C)(C)C)C(=O)O. The van der Waals surface area contributed by atoms with E-state index in [0.29, 0.717) is 38.1 Å². The number of nitrogens with one attached hydrogen (secondary N) is 3. The van der Waals surface area contributed by atoms with Crippen LogP contribution < -0.4 is 16.2 Å². The molecule has 4 N–H and O–H groups in total. The van der Waals surface area contributed by atoms with Crippen LogP contribution in [0.1, 0.15) is 53.9 Å². The maximum Gasteiger partial charge on any atom is 0.407 e. The number of H-pyrrole nitrogens is 1. The number of rotatable bonds is 11. The average Bonchev–Trinajstić information content (AvgIpc) is 3.19. The van der Waals surface area contributed by atoms with E-state index in [2.05, 4.69) is 15.6 Å². The van der Waals surface area contributed by atoms with Crippen molar-refractivity contribution < 1.29 is 29.0 Å². The average molecular weight is 526 g/mol. The summed E-state index contributed by atoms with van der Waals surface area (Å²) < 4.78 is 13.6. The van der Waals surface area contributed by atoms with Gasteiger partial charge in [0.1, 0.15) is 17.2 Å². The summed E-state index contributed by atoms with van der Waals surface area (Å²) in [6.45, 7) is 10.1. The molecule has 0 bridgehead atoms. The lowest BCUT2D eigenvalue weighted by Crippen LogP contribution is -2.43. The minimum atomic E-state index is -1.21. The molecule has 0 fully saturated rings. The van der Waals surface area contributed by atoms with Crippen molar-refractivity contribution in [3.05, 3.63) is 27.4 Å². The summed E-state index contributed by atoms with van der Waals surface area (Å²) in [6.07, 6.45) is 1.92. The first-order valence-corrected chi connectivity index (χ1v) is 12.2. The zero-order valence-corrected chi connectivity index (χ0v) is 22.1. The fourth-order valence-corrected chi connectivity index (χ4v) is 3.71. The molecule has 1 atom stereocenters. The Morgan fingerprint density at radius 3 is 2.53 bits per heavy atom. The molecule has 200 valence electrons. The Balaban J connectivity index is 2.05. The molecule has 2 amide bonds. The van der Waals surface area contributed by atoms with Crippen molar-refractivity contribution in [2.45, 2.75) is 78.2 Å². The second-order valence-electron chi connectivity index (χ2n) is 9.51. The second kappa shape index (κ2) is 12.7. The van der Waals surface area contributed by atoms with Crippen LogP contribution in [-0.4, -0.2) is 68.2 Å². The topological polar surface area (TPSA) is 157 Å². The number of nitrogens with zero attached hydrogens (tertiary/aromatic N) is 2. The minimum absolute atomic E-state index is 0.0221. The highest BCUT2D eigenvalue weighted by molar-refractivity contribution is 7.71. The van der Waals surface area contributed by atoms with Gasteiger partial charge >= 0.3 is 18.1 Å². The van der Waals surface area contributed by atoms with Crippen molar-refractivity contribution in [2.24, 2.45) is 0 Å². The number of fused-ring (bicyclic) bond motifs is 1. The molecule has 2 rings (SSSR count). The highest BCUT2D eigenvalue weighted by Gasteiger charge is 2.23. The summed E-state index contributed by atoms with van der Waals surface area (Å²) in [5, 5.41) is 14.6. The Kier molecular flexibility index (Phi) is 10.2. The second-order valence-corrected chi connectivity index (χ2v) is 9.90. The number of carboxylic acid groups (broad SMARTS) is 1. The van der Waals surface area contributed by atoms with Gasteiger partial charge in [0.2, 0.25) is 0 Å². The van der Waals surface area contributed by atoms with E-state index in [9.17, 15) is 24.3 Å². The third-order valence-electron chi connectivity index (χ3n) is 5.00. The molecule has 0 aliphatic carbocycles. The molecule has 2 aromatic rings. The number of amides is 2. The first kappa shape index (κ1) is 29.0. The van der Waals surface area contributed by atoms with Crippen LogP contribution in [-0.2, 0) is 20.8 Å². The molecule has 2 heterocycles. The predicted molar refractivity (Wildman–Crippen MR) is 136 cm³/mol. The molecule has 0 saturated carbocycles. The van der Waals surface area contributed by atoms with Gasteiger partial charge in [-0.05, 0) is 72.2 Å². The van der Waals surface area contributed by atoms with Gasteiger partial charge < -0.3 is 29.8 Å². The predicted octanol–water partition coefficient (Wildman–Crippen LogP) is 2.99. The number of aromatic nitrogens is 3. The van der Waals surface area contributed by atoms with E-state index >= 15 is 0 Å². The maximum absolute atomic E-state index is 12.9. The Bertz CT molecular complexity index is 1190. The Hall–Kier alpha value is -3.19. The maximum atomic E-state index is 12.9. The van der Waals surface area contributed by atoms with Crippen molar-refractivity contribution in [1.82, 2.24) is 24.8 Å². The van der Waals surface area contributed by atoms with Crippen LogP contribution in [0.3, 0.4) is 0 Å². The van der Waals surface area contributed by atoms with Gasteiger partial charge in [-0.2, -0.15) is 0 Å². The van der Waals surface area contributed by atoms with Gasteiger partial charge in [-0.1, -0.05) is 0 Å². The van der Waals surface area contributed by atoms with E-state index in [4.69, 9.17) is 21.7 Å². The number of aliphatic carboxylic acids is 1. The first-order chi connectivity index (χ1) is 16.8. The molecule has 0 aliphatic rings. The van der Waals surface area contributed by atoms with Crippen molar-refractivity contribution in [2.75, 3.05) is 13.2 Å². The third kappa shape index (κ3) is 8.48. The van der Waals surface area contributed by atoms with Gasteiger partial charge in [0.05, 0.1) is 18.2 Å². The summed E-state index contributed by atoms with van der Waals surface area (Å²) >= 11 is 5.27. The zero-order chi connectivity index (χ0) is 27.0. The van der Waals surface area contributed by atoms with E-state index < -0.39 is 35.3 Å². The number of carbonyl (C=O) groups is 3. The largest absolute Gasteiger partial charge is 0.480 e. The highest BCUT2D eigenvalue weighted by Crippen LogP contribution is 2.13. The van der Waals surface area contributed by atoms with Crippen LogP contribution in [0.5, 0.6) is 0 Å². The first-order valence-electron chi connectivity index (χ1n) is 11.8. The quantitative estimate of drug-likeness (QED) is 0.258. The molecule has 0 radical (unpaired) electrons. The van der Waals surface area contributed by atoms with Crippen LogP contribution in [0.4, 0.5) is 9.59 Å². The molecule has 13 heteroatoms. The van der Waals surface area contributed by atoms with Crippen LogP contribution in [0, 0.1) is 4.77 Å². The lowest BCUT2D eigenvalue weighted by Gasteiger charge is -2.19. The zero-order valence-electron chi connectivity index (χ0n) is 21.3. The minimum Gasteiger partial charge on any atom is -0.480 e. The number of carbonyl (C=O) groups excluding carboxylic acids is 2. The van der Waals surface area contributed by atoms with Crippen LogP contribution in [0.2, 0.25) is 0 Å². The smallest absolute Gasteiger partial charge is 0.407 e. The van der Waals surface area contributed by atoms with Gasteiger partial charge in [-0.15, -0.1) is 0 Å². The number of ether oxygens (including phenoxy) is 2. The lowest BCUT2D eigenvalue weighted by molar-refractivity contribution is -0.139. The molecular weight excluding hydrogens is 490 g/mol. The van der Waals surface area contributed by atoms with Crippen LogP contribution >= 0.6 is 12.2 Å². The number of alkyl carbamates (subject to hydrolysis) is 1. The molecule has 36 heavy (non-hydrogen) atoms. The molecule has 2 aromatic heterocycles. The van der Waals surface area contributed by atoms with E-state index in [0.717, 1.165) is 4.57 Å². The fourth-order valence-electron chi connectivity index (χ4n) is 3.42. The van der Waals surface area contributed by atoms with E-state index in [1.54, 1.807) is 31.4 Å². The van der Waals surface area contributed by atoms with Gasteiger partial charge in [0.15, 0.2) is 4.77 Å². The molecular formula is C23H35N5O7S.